The minimum Gasteiger partial charge on any atom is -0.377 e. The van der Waals surface area contributed by atoms with Crippen LogP contribution < -0.4 is 5.32 Å². The maximum atomic E-state index is 4.32. The van der Waals surface area contributed by atoms with Crippen molar-refractivity contribution in [3.05, 3.63) is 39.4 Å². The zero-order valence-electron chi connectivity index (χ0n) is 11.9. The monoisotopic (exact) mass is 334 g/mol. The van der Waals surface area contributed by atoms with Crippen molar-refractivity contribution < 1.29 is 0 Å². The second kappa shape index (κ2) is 5.56. The maximum absolute atomic E-state index is 4.32. The highest BCUT2D eigenvalue weighted by Crippen LogP contribution is 2.28. The van der Waals surface area contributed by atoms with E-state index >= 15 is 0 Å². The Labute approximate surface area is 127 Å². The maximum Gasteiger partial charge on any atom is 0.152 e. The van der Waals surface area contributed by atoms with Gasteiger partial charge in [-0.25, -0.2) is 0 Å². The number of rotatable bonds is 3. The number of hydrogen-bond donors (Lipinski definition) is 1. The van der Waals surface area contributed by atoms with E-state index in [2.05, 4.69) is 62.0 Å². The third kappa shape index (κ3) is 2.59. The van der Waals surface area contributed by atoms with Crippen LogP contribution in [0.4, 0.5) is 5.69 Å². The number of fused-ring (bicyclic) bond motifs is 1. The number of benzene rings is 1. The number of anilines is 1. The largest absolute Gasteiger partial charge is 0.377 e. The van der Waals surface area contributed by atoms with Gasteiger partial charge >= 0.3 is 0 Å². The van der Waals surface area contributed by atoms with Gasteiger partial charge in [-0.05, 0) is 59.8 Å². The van der Waals surface area contributed by atoms with Gasteiger partial charge in [0.1, 0.15) is 5.82 Å². The van der Waals surface area contributed by atoms with Gasteiger partial charge in [0.2, 0.25) is 0 Å². The van der Waals surface area contributed by atoms with Crippen LogP contribution in [0.3, 0.4) is 0 Å². The van der Waals surface area contributed by atoms with Gasteiger partial charge < -0.3 is 9.88 Å². The van der Waals surface area contributed by atoms with Gasteiger partial charge in [0.25, 0.3) is 0 Å². The van der Waals surface area contributed by atoms with E-state index in [9.17, 15) is 0 Å². The molecule has 1 aromatic carbocycles. The molecule has 0 unspecified atom stereocenters. The highest BCUT2D eigenvalue weighted by Gasteiger charge is 2.15. The third-order valence-corrected chi connectivity index (χ3v) is 4.42. The Hall–Kier alpha value is -1.36. The van der Waals surface area contributed by atoms with Crippen molar-refractivity contribution in [3.63, 3.8) is 0 Å². The van der Waals surface area contributed by atoms with Crippen LogP contribution in [0.5, 0.6) is 0 Å². The van der Waals surface area contributed by atoms with Crippen LogP contribution in [0.15, 0.2) is 16.6 Å². The fourth-order valence-corrected chi connectivity index (χ4v) is 3.62. The highest BCUT2D eigenvalue weighted by molar-refractivity contribution is 9.10. The van der Waals surface area contributed by atoms with Crippen LogP contribution >= 0.6 is 15.9 Å². The molecule has 2 heterocycles. The summed E-state index contributed by atoms with van der Waals surface area (Å²) in [6.45, 7) is 6.00. The Morgan fingerprint density at radius 3 is 2.90 bits per heavy atom. The molecule has 3 rings (SSSR count). The zero-order valence-corrected chi connectivity index (χ0v) is 13.5. The third-order valence-electron chi connectivity index (χ3n) is 3.79. The van der Waals surface area contributed by atoms with Crippen LogP contribution in [0.25, 0.3) is 0 Å². The van der Waals surface area contributed by atoms with Crippen LogP contribution in [0.1, 0.15) is 35.6 Å². The molecule has 0 saturated carbocycles. The molecule has 4 nitrogen and oxygen atoms in total. The van der Waals surface area contributed by atoms with E-state index in [0.29, 0.717) is 0 Å². The fraction of sp³-hybridized carbons (Fsp3) is 0.467. The minimum atomic E-state index is 0.718. The molecule has 0 radical (unpaired) electrons. The van der Waals surface area contributed by atoms with Crippen molar-refractivity contribution in [3.8, 4) is 0 Å². The van der Waals surface area contributed by atoms with Gasteiger partial charge in [0.15, 0.2) is 5.82 Å². The molecule has 1 aliphatic rings. The summed E-state index contributed by atoms with van der Waals surface area (Å²) >= 11 is 3.63. The molecular weight excluding hydrogens is 316 g/mol. The first kappa shape index (κ1) is 13.6. The molecule has 0 amide bonds. The molecule has 5 heteroatoms. The Kier molecular flexibility index (Phi) is 3.78. The first-order valence-electron chi connectivity index (χ1n) is 7.06. The summed E-state index contributed by atoms with van der Waals surface area (Å²) in [4.78, 5) is 0. The molecule has 0 fully saturated rings. The van der Waals surface area contributed by atoms with Crippen molar-refractivity contribution in [2.75, 3.05) is 5.32 Å². The van der Waals surface area contributed by atoms with Crippen molar-refractivity contribution in [2.24, 2.45) is 0 Å². The summed E-state index contributed by atoms with van der Waals surface area (Å²) in [6.07, 6.45) is 3.51. The molecule has 20 heavy (non-hydrogen) atoms. The lowest BCUT2D eigenvalue weighted by Crippen LogP contribution is -2.15. The summed E-state index contributed by atoms with van der Waals surface area (Å²) in [5.41, 5.74) is 3.65. The lowest BCUT2D eigenvalue weighted by molar-refractivity contribution is 0.510. The first-order chi connectivity index (χ1) is 9.65. The summed E-state index contributed by atoms with van der Waals surface area (Å²) in [5, 5.41) is 12.1. The normalized spacial score (nSPS) is 14.2. The molecule has 1 aromatic heterocycles. The highest BCUT2D eigenvalue weighted by atomic mass is 79.9. The number of aryl methyl sites for hydroxylation is 3. The van der Waals surface area contributed by atoms with E-state index in [1.165, 1.54) is 24.0 Å². The Balaban J connectivity index is 1.79. The fourth-order valence-electron chi connectivity index (χ4n) is 2.81. The smallest absolute Gasteiger partial charge is 0.152 e. The quantitative estimate of drug-likeness (QED) is 0.932. The van der Waals surface area contributed by atoms with Crippen LogP contribution in [-0.2, 0) is 19.5 Å². The topological polar surface area (TPSA) is 42.7 Å². The molecule has 1 N–H and O–H groups in total. The van der Waals surface area contributed by atoms with Crippen molar-refractivity contribution in [2.45, 2.75) is 46.2 Å². The Morgan fingerprint density at radius 2 is 2.10 bits per heavy atom. The van der Waals surface area contributed by atoms with Crippen molar-refractivity contribution in [1.82, 2.24) is 14.8 Å². The predicted molar refractivity (Wildman–Crippen MR) is 83.9 cm³/mol. The molecule has 0 atom stereocenters. The van der Waals surface area contributed by atoms with E-state index in [0.717, 1.165) is 41.3 Å². The molecule has 0 spiro atoms. The lowest BCUT2D eigenvalue weighted by atomic mass is 10.1. The summed E-state index contributed by atoms with van der Waals surface area (Å²) in [7, 11) is 0. The molecule has 106 valence electrons. The van der Waals surface area contributed by atoms with Gasteiger partial charge in [0.05, 0.1) is 12.2 Å². The van der Waals surface area contributed by atoms with E-state index in [1.807, 2.05) is 0 Å². The number of nitrogens with one attached hydrogen (secondary N) is 1. The Bertz CT molecular complexity index is 610. The number of nitrogens with zero attached hydrogens (tertiary/aromatic N) is 3. The van der Waals surface area contributed by atoms with Gasteiger partial charge in [-0.2, -0.15) is 0 Å². The van der Waals surface area contributed by atoms with Crippen molar-refractivity contribution >= 4 is 21.6 Å². The predicted octanol–water partition coefficient (Wildman–Crippen LogP) is 3.61. The standard InChI is InChI=1S/C15H19BrN4/c1-10-7-11(2)15(12(16)8-10)17-9-14-19-18-13-5-3-4-6-20(13)14/h7-8,17H,3-6,9H2,1-2H3. The van der Waals surface area contributed by atoms with Gasteiger partial charge in [-0.3, -0.25) is 0 Å². The van der Waals surface area contributed by atoms with E-state index in [1.54, 1.807) is 0 Å². The molecule has 0 saturated heterocycles. The summed E-state index contributed by atoms with van der Waals surface area (Å²) in [5.74, 6) is 2.17. The molecule has 0 bridgehead atoms. The summed E-state index contributed by atoms with van der Waals surface area (Å²) < 4.78 is 3.36. The number of halogens is 1. The van der Waals surface area contributed by atoms with E-state index in [4.69, 9.17) is 0 Å². The van der Waals surface area contributed by atoms with Gasteiger partial charge in [-0.15, -0.1) is 10.2 Å². The zero-order chi connectivity index (χ0) is 14.1. The van der Waals surface area contributed by atoms with Crippen molar-refractivity contribution in [1.29, 1.82) is 0 Å². The molecule has 2 aromatic rings. The average Bonchev–Trinajstić information content (AvgIpc) is 2.81. The van der Waals surface area contributed by atoms with Gasteiger partial charge in [-0.1, -0.05) is 6.07 Å². The van der Waals surface area contributed by atoms with Gasteiger partial charge in [0, 0.05) is 17.4 Å². The minimum absolute atomic E-state index is 0.718. The second-order valence-electron chi connectivity index (χ2n) is 5.43. The molecule has 1 aliphatic heterocycles. The summed E-state index contributed by atoms with van der Waals surface area (Å²) in [6, 6.07) is 4.32. The van der Waals surface area contributed by atoms with Crippen LogP contribution in [-0.4, -0.2) is 14.8 Å². The van der Waals surface area contributed by atoms with E-state index in [-0.39, 0.29) is 0 Å². The second-order valence-corrected chi connectivity index (χ2v) is 6.29. The number of aromatic nitrogens is 3. The first-order valence-corrected chi connectivity index (χ1v) is 7.86. The Morgan fingerprint density at radius 1 is 1.25 bits per heavy atom. The van der Waals surface area contributed by atoms with Crippen LogP contribution in [0.2, 0.25) is 0 Å². The van der Waals surface area contributed by atoms with Crippen LogP contribution in [0, 0.1) is 13.8 Å². The molecular formula is C15H19BrN4. The molecule has 0 aliphatic carbocycles. The SMILES string of the molecule is Cc1cc(C)c(NCc2nnc3n2CCCC3)c(Br)c1. The average molecular weight is 335 g/mol. The van der Waals surface area contributed by atoms with E-state index < -0.39 is 0 Å². The lowest BCUT2D eigenvalue weighted by Gasteiger charge is -2.16. The number of hydrogen-bond acceptors (Lipinski definition) is 3.